The minimum atomic E-state index is -1.10. The zero-order valence-corrected chi connectivity index (χ0v) is 11.9. The van der Waals surface area contributed by atoms with E-state index in [4.69, 9.17) is 15.6 Å². The number of nitrogens with two attached hydrogens (primary N) is 1. The van der Waals surface area contributed by atoms with E-state index in [1.165, 1.54) is 36.6 Å². The Labute approximate surface area is 124 Å². The fourth-order valence-electron chi connectivity index (χ4n) is 1.65. The van der Waals surface area contributed by atoms with Crippen molar-refractivity contribution >= 4 is 28.9 Å². The number of nitrogens with zero attached hydrogens (tertiary/aromatic N) is 1. The second kappa shape index (κ2) is 6.33. The molecule has 2 aromatic rings. The Balaban J connectivity index is 2.19. The zero-order chi connectivity index (χ0) is 15.4. The summed E-state index contributed by atoms with van der Waals surface area (Å²) in [6.07, 6.45) is 0. The van der Waals surface area contributed by atoms with Crippen LogP contribution in [0.2, 0.25) is 0 Å². The highest BCUT2D eigenvalue weighted by Crippen LogP contribution is 2.23. The summed E-state index contributed by atoms with van der Waals surface area (Å²) in [7, 11) is 1.36. The van der Waals surface area contributed by atoms with Crippen LogP contribution >= 0.6 is 11.3 Å². The van der Waals surface area contributed by atoms with Gasteiger partial charge in [-0.05, 0) is 12.1 Å². The van der Waals surface area contributed by atoms with E-state index in [0.29, 0.717) is 10.7 Å². The third-order valence-corrected chi connectivity index (χ3v) is 3.52. The molecule has 0 saturated carbocycles. The summed E-state index contributed by atoms with van der Waals surface area (Å²) in [5.74, 6) is -1.32. The van der Waals surface area contributed by atoms with E-state index in [1.54, 1.807) is 5.38 Å². The van der Waals surface area contributed by atoms with Gasteiger partial charge < -0.3 is 20.9 Å². The first-order valence-corrected chi connectivity index (χ1v) is 6.80. The molecule has 0 fully saturated rings. The molecule has 1 aromatic heterocycles. The zero-order valence-electron chi connectivity index (χ0n) is 11.1. The maximum absolute atomic E-state index is 12.0. The van der Waals surface area contributed by atoms with Crippen molar-refractivity contribution in [2.24, 2.45) is 5.73 Å². The monoisotopic (exact) mass is 307 g/mol. The normalized spacial score (nSPS) is 10.2. The van der Waals surface area contributed by atoms with Crippen molar-refractivity contribution in [3.63, 3.8) is 0 Å². The van der Waals surface area contributed by atoms with Crippen LogP contribution in [0.15, 0.2) is 23.6 Å². The van der Waals surface area contributed by atoms with Crippen LogP contribution in [0, 0.1) is 0 Å². The number of ether oxygens (including phenoxy) is 1. The van der Waals surface area contributed by atoms with E-state index >= 15 is 0 Å². The van der Waals surface area contributed by atoms with Crippen molar-refractivity contribution in [2.75, 3.05) is 12.4 Å². The van der Waals surface area contributed by atoms with Crippen molar-refractivity contribution < 1.29 is 19.4 Å². The first kappa shape index (κ1) is 14.9. The van der Waals surface area contributed by atoms with Gasteiger partial charge >= 0.3 is 5.97 Å². The molecule has 0 radical (unpaired) electrons. The van der Waals surface area contributed by atoms with E-state index in [1.807, 2.05) is 0 Å². The van der Waals surface area contributed by atoms with Crippen molar-refractivity contribution in [3.05, 3.63) is 39.8 Å². The molecular formula is C13H13N3O4S. The molecule has 8 heteroatoms. The molecule has 7 nitrogen and oxygen atoms in total. The average Bonchev–Trinajstić information content (AvgIpc) is 2.95. The fourth-order valence-corrected chi connectivity index (χ4v) is 2.30. The van der Waals surface area contributed by atoms with Gasteiger partial charge in [-0.2, -0.15) is 0 Å². The van der Waals surface area contributed by atoms with Gasteiger partial charge in [0.05, 0.1) is 7.11 Å². The number of carbonyl (C=O) groups excluding carboxylic acids is 1. The summed E-state index contributed by atoms with van der Waals surface area (Å²) < 4.78 is 4.99. The quantitative estimate of drug-likeness (QED) is 0.772. The molecule has 110 valence electrons. The molecule has 2 rings (SSSR count). The van der Waals surface area contributed by atoms with Crippen LogP contribution in [0.5, 0.6) is 5.75 Å². The summed E-state index contributed by atoms with van der Waals surface area (Å²) >= 11 is 1.30. The first-order valence-electron chi connectivity index (χ1n) is 5.92. The predicted molar refractivity (Wildman–Crippen MR) is 77.9 cm³/mol. The minimum Gasteiger partial charge on any atom is -0.496 e. The number of benzene rings is 1. The molecule has 0 saturated heterocycles. The van der Waals surface area contributed by atoms with Gasteiger partial charge in [0.15, 0.2) is 0 Å². The lowest BCUT2D eigenvalue weighted by Gasteiger charge is -2.08. The van der Waals surface area contributed by atoms with E-state index in [-0.39, 0.29) is 23.6 Å². The lowest BCUT2D eigenvalue weighted by molar-refractivity contribution is 0.0693. The van der Waals surface area contributed by atoms with Crippen molar-refractivity contribution in [2.45, 2.75) is 6.54 Å². The van der Waals surface area contributed by atoms with Gasteiger partial charge in [-0.1, -0.05) is 0 Å². The Hall–Kier alpha value is -2.45. The van der Waals surface area contributed by atoms with Gasteiger partial charge in [-0.3, -0.25) is 4.79 Å². The molecule has 1 amide bonds. The molecule has 0 aliphatic rings. The number of anilines is 1. The van der Waals surface area contributed by atoms with E-state index in [9.17, 15) is 9.59 Å². The number of hydrogen-bond acceptors (Lipinski definition) is 6. The molecule has 0 bridgehead atoms. The molecule has 1 heterocycles. The third kappa shape index (κ3) is 3.36. The molecule has 4 N–H and O–H groups in total. The number of methoxy groups -OCH3 is 1. The van der Waals surface area contributed by atoms with Crippen LogP contribution in [0.25, 0.3) is 0 Å². The molecule has 21 heavy (non-hydrogen) atoms. The van der Waals surface area contributed by atoms with Gasteiger partial charge in [0, 0.05) is 23.7 Å². The standard InChI is InChI=1S/C13H13N3O4S/c1-20-10-4-7(2-3-8(10)13(18)19)15-12(17)9-6-21-11(5-14)16-9/h2-4,6H,5,14H2,1H3,(H,15,17)(H,18,19). The number of carboxylic acids is 1. The molecule has 0 atom stereocenters. The number of carbonyl (C=O) groups is 2. The van der Waals surface area contributed by atoms with Crippen molar-refractivity contribution in [1.29, 1.82) is 0 Å². The van der Waals surface area contributed by atoms with Gasteiger partial charge in [-0.25, -0.2) is 9.78 Å². The SMILES string of the molecule is COc1cc(NC(=O)c2csc(CN)n2)ccc1C(=O)O. The Bertz CT molecular complexity index is 684. The van der Waals surface area contributed by atoms with Crippen molar-refractivity contribution in [3.8, 4) is 5.75 Å². The number of hydrogen-bond donors (Lipinski definition) is 3. The lowest BCUT2D eigenvalue weighted by atomic mass is 10.2. The molecule has 0 spiro atoms. The number of aromatic carboxylic acids is 1. The van der Waals surface area contributed by atoms with E-state index in [0.717, 1.165) is 0 Å². The maximum atomic E-state index is 12.0. The summed E-state index contributed by atoms with van der Waals surface area (Å²) in [6, 6.07) is 4.29. The summed E-state index contributed by atoms with van der Waals surface area (Å²) in [5, 5.41) is 13.9. The smallest absolute Gasteiger partial charge is 0.339 e. The molecule has 0 unspecified atom stereocenters. The summed E-state index contributed by atoms with van der Waals surface area (Å²) in [6.45, 7) is 0.277. The maximum Gasteiger partial charge on any atom is 0.339 e. The lowest BCUT2D eigenvalue weighted by Crippen LogP contribution is -2.13. The third-order valence-electron chi connectivity index (χ3n) is 2.65. The fraction of sp³-hybridized carbons (Fsp3) is 0.154. The molecule has 0 aliphatic heterocycles. The van der Waals surface area contributed by atoms with Crippen LogP contribution in [-0.4, -0.2) is 29.1 Å². The largest absolute Gasteiger partial charge is 0.496 e. The highest BCUT2D eigenvalue weighted by molar-refractivity contribution is 7.09. The van der Waals surface area contributed by atoms with Crippen LogP contribution in [-0.2, 0) is 6.54 Å². The topological polar surface area (TPSA) is 115 Å². The van der Waals surface area contributed by atoms with Gasteiger partial charge in [0.1, 0.15) is 22.0 Å². The van der Waals surface area contributed by atoms with Gasteiger partial charge in [0.25, 0.3) is 5.91 Å². The predicted octanol–water partition coefficient (Wildman–Crippen LogP) is 1.56. The molecule has 1 aromatic carbocycles. The van der Waals surface area contributed by atoms with Crippen LogP contribution in [0.4, 0.5) is 5.69 Å². The van der Waals surface area contributed by atoms with Gasteiger partial charge in [0.2, 0.25) is 0 Å². The number of aromatic nitrogens is 1. The summed E-state index contributed by atoms with van der Waals surface area (Å²) in [4.78, 5) is 27.0. The van der Waals surface area contributed by atoms with Gasteiger partial charge in [-0.15, -0.1) is 11.3 Å². The Morgan fingerprint density at radius 2 is 2.24 bits per heavy atom. The van der Waals surface area contributed by atoms with Crippen LogP contribution in [0.1, 0.15) is 25.9 Å². The van der Waals surface area contributed by atoms with E-state index in [2.05, 4.69) is 10.3 Å². The van der Waals surface area contributed by atoms with Crippen molar-refractivity contribution in [1.82, 2.24) is 4.98 Å². The molecular weight excluding hydrogens is 294 g/mol. The highest BCUT2D eigenvalue weighted by atomic mass is 32.1. The van der Waals surface area contributed by atoms with Crippen LogP contribution < -0.4 is 15.8 Å². The first-order chi connectivity index (χ1) is 10.0. The Kier molecular flexibility index (Phi) is 4.51. The number of carboxylic acid groups (broad SMARTS) is 1. The van der Waals surface area contributed by atoms with E-state index < -0.39 is 11.9 Å². The Morgan fingerprint density at radius 1 is 1.48 bits per heavy atom. The number of nitrogens with one attached hydrogen (secondary N) is 1. The minimum absolute atomic E-state index is 0.0228. The van der Waals surface area contributed by atoms with Crippen LogP contribution in [0.3, 0.4) is 0 Å². The second-order valence-corrected chi connectivity index (χ2v) is 4.95. The molecule has 0 aliphatic carbocycles. The average molecular weight is 307 g/mol. The highest BCUT2D eigenvalue weighted by Gasteiger charge is 2.14. The second-order valence-electron chi connectivity index (χ2n) is 4.00. The number of amides is 1. The number of thiazole rings is 1. The number of rotatable bonds is 5. The summed E-state index contributed by atoms with van der Waals surface area (Å²) in [5.41, 5.74) is 6.15. The Morgan fingerprint density at radius 3 is 2.81 bits per heavy atom.